The zero-order valence-electron chi connectivity index (χ0n) is 11.2. The molecule has 1 heterocycles. The molecule has 0 spiro atoms. The predicted octanol–water partition coefficient (Wildman–Crippen LogP) is 2.11. The van der Waals surface area contributed by atoms with Crippen LogP contribution in [0.2, 0.25) is 0 Å². The maximum absolute atomic E-state index is 9.71. The Bertz CT molecular complexity index is 354. The number of nitrogens with one attached hydrogen (secondary N) is 1. The Labute approximate surface area is 113 Å². The van der Waals surface area contributed by atoms with Gasteiger partial charge in [0.1, 0.15) is 0 Å². The highest BCUT2D eigenvalue weighted by Gasteiger charge is 2.14. The lowest BCUT2D eigenvalue weighted by Gasteiger charge is -2.13. The standard InChI is InChI=1S/C14H23NO2S/c1-10(2)17-9-12(16)7-15-8-13-6-11-4-3-5-14(11)18-13/h6,10,12,15-16H,3-5,7-9H2,1-2H3. The van der Waals surface area contributed by atoms with Crippen molar-refractivity contribution in [2.24, 2.45) is 0 Å². The zero-order chi connectivity index (χ0) is 13.0. The summed E-state index contributed by atoms with van der Waals surface area (Å²) in [7, 11) is 0. The highest BCUT2D eigenvalue weighted by atomic mass is 32.1. The number of hydrogen-bond donors (Lipinski definition) is 2. The molecule has 0 bridgehead atoms. The molecule has 0 fully saturated rings. The van der Waals surface area contributed by atoms with E-state index in [0.29, 0.717) is 13.2 Å². The molecule has 1 aliphatic carbocycles. The van der Waals surface area contributed by atoms with Gasteiger partial charge >= 0.3 is 0 Å². The molecule has 0 aromatic carbocycles. The van der Waals surface area contributed by atoms with Crippen LogP contribution in [0.4, 0.5) is 0 Å². The zero-order valence-corrected chi connectivity index (χ0v) is 12.1. The van der Waals surface area contributed by atoms with E-state index in [2.05, 4.69) is 11.4 Å². The molecule has 0 aliphatic heterocycles. The van der Waals surface area contributed by atoms with Gasteiger partial charge < -0.3 is 15.2 Å². The minimum Gasteiger partial charge on any atom is -0.389 e. The van der Waals surface area contributed by atoms with E-state index in [1.54, 1.807) is 10.4 Å². The van der Waals surface area contributed by atoms with Gasteiger partial charge in [-0.05, 0) is 44.7 Å². The van der Waals surface area contributed by atoms with Gasteiger partial charge in [-0.1, -0.05) is 0 Å². The molecule has 0 radical (unpaired) electrons. The number of aliphatic hydroxyl groups excluding tert-OH is 1. The monoisotopic (exact) mass is 269 g/mol. The van der Waals surface area contributed by atoms with Crippen LogP contribution in [0.1, 0.15) is 35.6 Å². The van der Waals surface area contributed by atoms with E-state index in [4.69, 9.17) is 4.74 Å². The van der Waals surface area contributed by atoms with Crippen LogP contribution in [0.15, 0.2) is 6.07 Å². The van der Waals surface area contributed by atoms with Crippen LogP contribution in [0, 0.1) is 0 Å². The van der Waals surface area contributed by atoms with Crippen LogP contribution in [0.3, 0.4) is 0 Å². The predicted molar refractivity (Wildman–Crippen MR) is 75.1 cm³/mol. The van der Waals surface area contributed by atoms with Crippen molar-refractivity contribution in [1.82, 2.24) is 5.32 Å². The van der Waals surface area contributed by atoms with E-state index >= 15 is 0 Å². The van der Waals surface area contributed by atoms with E-state index in [-0.39, 0.29) is 6.10 Å². The lowest BCUT2D eigenvalue weighted by atomic mass is 10.2. The maximum atomic E-state index is 9.71. The largest absolute Gasteiger partial charge is 0.389 e. The van der Waals surface area contributed by atoms with Gasteiger partial charge in [-0.2, -0.15) is 0 Å². The lowest BCUT2D eigenvalue weighted by Crippen LogP contribution is -2.30. The van der Waals surface area contributed by atoms with Crippen LogP contribution < -0.4 is 5.32 Å². The third-order valence-electron chi connectivity index (χ3n) is 3.10. The fraction of sp³-hybridized carbons (Fsp3) is 0.714. The minimum atomic E-state index is -0.417. The quantitative estimate of drug-likeness (QED) is 0.796. The minimum absolute atomic E-state index is 0.180. The highest BCUT2D eigenvalue weighted by molar-refractivity contribution is 7.12. The van der Waals surface area contributed by atoms with Crippen molar-refractivity contribution in [2.45, 2.75) is 51.9 Å². The van der Waals surface area contributed by atoms with Gasteiger partial charge in [0.25, 0.3) is 0 Å². The summed E-state index contributed by atoms with van der Waals surface area (Å²) in [6.45, 7) is 5.82. The van der Waals surface area contributed by atoms with Gasteiger partial charge in [-0.15, -0.1) is 11.3 Å². The molecule has 3 nitrogen and oxygen atoms in total. The third-order valence-corrected chi connectivity index (χ3v) is 4.34. The fourth-order valence-corrected chi connectivity index (χ4v) is 3.43. The van der Waals surface area contributed by atoms with Crippen LogP contribution in [-0.2, 0) is 24.1 Å². The Morgan fingerprint density at radius 3 is 3.00 bits per heavy atom. The van der Waals surface area contributed by atoms with Crippen molar-refractivity contribution in [3.8, 4) is 0 Å². The summed E-state index contributed by atoms with van der Waals surface area (Å²) in [5.41, 5.74) is 1.54. The number of rotatable bonds is 7. The van der Waals surface area contributed by atoms with Gasteiger partial charge in [0.15, 0.2) is 0 Å². The molecule has 2 rings (SSSR count). The van der Waals surface area contributed by atoms with Crippen LogP contribution in [-0.4, -0.2) is 30.5 Å². The molecular weight excluding hydrogens is 246 g/mol. The molecule has 2 N–H and O–H groups in total. The van der Waals surface area contributed by atoms with Crippen molar-refractivity contribution >= 4 is 11.3 Å². The fourth-order valence-electron chi connectivity index (χ4n) is 2.20. The third kappa shape index (κ3) is 4.05. The van der Waals surface area contributed by atoms with Gasteiger partial charge in [0, 0.05) is 22.8 Å². The highest BCUT2D eigenvalue weighted by Crippen LogP contribution is 2.30. The van der Waals surface area contributed by atoms with E-state index < -0.39 is 6.10 Å². The molecule has 1 atom stereocenters. The van der Waals surface area contributed by atoms with Crippen LogP contribution in [0.25, 0.3) is 0 Å². The van der Waals surface area contributed by atoms with E-state index in [0.717, 1.165) is 6.54 Å². The topological polar surface area (TPSA) is 41.5 Å². The normalized spacial score (nSPS) is 16.2. The van der Waals surface area contributed by atoms with Gasteiger partial charge in [-0.25, -0.2) is 0 Å². The molecule has 0 saturated carbocycles. The lowest BCUT2D eigenvalue weighted by molar-refractivity contribution is 0.00632. The van der Waals surface area contributed by atoms with Crippen molar-refractivity contribution in [3.05, 3.63) is 21.4 Å². The molecule has 4 heteroatoms. The number of hydrogen-bond acceptors (Lipinski definition) is 4. The summed E-state index contributed by atoms with van der Waals surface area (Å²) in [6, 6.07) is 2.32. The first-order valence-corrected chi connectivity index (χ1v) is 7.57. The number of fused-ring (bicyclic) bond motifs is 1. The first-order chi connectivity index (χ1) is 8.65. The van der Waals surface area contributed by atoms with E-state index in [9.17, 15) is 5.11 Å². The average molecular weight is 269 g/mol. The molecule has 18 heavy (non-hydrogen) atoms. The number of aliphatic hydroxyl groups is 1. The smallest absolute Gasteiger partial charge is 0.0897 e. The first-order valence-electron chi connectivity index (χ1n) is 6.76. The van der Waals surface area contributed by atoms with Crippen LogP contribution in [0.5, 0.6) is 0 Å². The second kappa shape index (κ2) is 6.66. The van der Waals surface area contributed by atoms with Crippen molar-refractivity contribution in [3.63, 3.8) is 0 Å². The summed E-state index contributed by atoms with van der Waals surface area (Å²) < 4.78 is 5.37. The number of ether oxygens (including phenoxy) is 1. The summed E-state index contributed by atoms with van der Waals surface area (Å²) in [5, 5.41) is 13.0. The van der Waals surface area contributed by atoms with Crippen LogP contribution >= 0.6 is 11.3 Å². The molecule has 0 amide bonds. The Kier molecular flexibility index (Phi) is 5.18. The second-order valence-corrected chi connectivity index (χ2v) is 6.40. The first kappa shape index (κ1) is 14.0. The molecule has 102 valence electrons. The Morgan fingerprint density at radius 1 is 1.44 bits per heavy atom. The summed E-state index contributed by atoms with van der Waals surface area (Å²) in [6.07, 6.45) is 3.58. The Morgan fingerprint density at radius 2 is 2.28 bits per heavy atom. The molecule has 1 aliphatic rings. The second-order valence-electron chi connectivity index (χ2n) is 5.18. The average Bonchev–Trinajstić information content (AvgIpc) is 2.86. The van der Waals surface area contributed by atoms with Gasteiger partial charge in [0.2, 0.25) is 0 Å². The van der Waals surface area contributed by atoms with Gasteiger partial charge in [0.05, 0.1) is 18.8 Å². The summed E-state index contributed by atoms with van der Waals surface area (Å²) in [5.74, 6) is 0. The molecule has 1 aromatic rings. The molecule has 0 saturated heterocycles. The van der Waals surface area contributed by atoms with E-state index in [1.165, 1.54) is 24.1 Å². The van der Waals surface area contributed by atoms with E-state index in [1.807, 2.05) is 25.2 Å². The number of thiophene rings is 1. The van der Waals surface area contributed by atoms with Crippen molar-refractivity contribution in [2.75, 3.05) is 13.2 Å². The number of aryl methyl sites for hydroxylation is 2. The van der Waals surface area contributed by atoms with Crippen molar-refractivity contribution < 1.29 is 9.84 Å². The summed E-state index contributed by atoms with van der Waals surface area (Å²) >= 11 is 1.92. The van der Waals surface area contributed by atoms with Gasteiger partial charge in [-0.3, -0.25) is 0 Å². The Balaban J connectivity index is 1.65. The SMILES string of the molecule is CC(C)OCC(O)CNCc1cc2c(s1)CCC2. The summed E-state index contributed by atoms with van der Waals surface area (Å²) in [4.78, 5) is 2.95. The molecular formula is C14H23NO2S. The molecule has 1 aromatic heterocycles. The van der Waals surface area contributed by atoms with Crippen molar-refractivity contribution in [1.29, 1.82) is 0 Å². The Hall–Kier alpha value is -0.420. The molecule has 1 unspecified atom stereocenters. The maximum Gasteiger partial charge on any atom is 0.0897 e.